The van der Waals surface area contributed by atoms with Gasteiger partial charge in [-0.2, -0.15) is 0 Å². The van der Waals surface area contributed by atoms with Gasteiger partial charge in [0.25, 0.3) is 0 Å². The Bertz CT molecular complexity index is 43.4. The molecule has 0 aliphatic rings. The Labute approximate surface area is 104 Å². The van der Waals surface area contributed by atoms with Gasteiger partial charge in [0, 0.05) is 17.4 Å². The van der Waals surface area contributed by atoms with Gasteiger partial charge in [-0.3, -0.25) is 0 Å². The summed E-state index contributed by atoms with van der Waals surface area (Å²) in [5.41, 5.74) is 2.25. The van der Waals surface area contributed by atoms with Crippen molar-refractivity contribution in [2.75, 3.05) is 0 Å². The molecule has 81 valence electrons. The van der Waals surface area contributed by atoms with Crippen molar-refractivity contribution in [3.05, 3.63) is 0 Å². The van der Waals surface area contributed by atoms with Gasteiger partial charge in [0.1, 0.15) is 0 Å². The molecule has 0 aliphatic heterocycles. The molecular formula is C9H27AlP3. The highest BCUT2D eigenvalue weighted by Gasteiger charge is 1.68. The summed E-state index contributed by atoms with van der Waals surface area (Å²) in [6.45, 7) is 12.8. The molecule has 3 atom stereocenters. The van der Waals surface area contributed by atoms with Crippen LogP contribution in [0.4, 0.5) is 0 Å². The second-order valence-corrected chi connectivity index (χ2v) is 7.73. The summed E-state index contributed by atoms with van der Waals surface area (Å²) in [6.07, 6.45) is 0. The Balaban J connectivity index is -0.0000000450. The van der Waals surface area contributed by atoms with Gasteiger partial charge in [0.15, 0.2) is 0 Å². The molecule has 0 heterocycles. The molecule has 0 N–H and O–H groups in total. The molecule has 0 aromatic rings. The fourth-order valence-corrected chi connectivity index (χ4v) is 0. The molecule has 0 saturated carbocycles. The first kappa shape index (κ1) is 24.2. The van der Waals surface area contributed by atoms with Crippen molar-refractivity contribution in [1.82, 2.24) is 0 Å². The van der Waals surface area contributed by atoms with Crippen LogP contribution in [0.15, 0.2) is 0 Å². The van der Waals surface area contributed by atoms with E-state index in [9.17, 15) is 0 Å². The van der Waals surface area contributed by atoms with E-state index >= 15 is 0 Å². The summed E-state index contributed by atoms with van der Waals surface area (Å²) in [7, 11) is 7.97. The maximum atomic E-state index is 2.66. The molecule has 0 amide bonds. The molecule has 0 saturated heterocycles. The predicted octanol–water partition coefficient (Wildman–Crippen LogP) is 3.43. The zero-order valence-electron chi connectivity index (χ0n) is 10.0. The predicted molar refractivity (Wildman–Crippen MR) is 80.3 cm³/mol. The average molecular weight is 255 g/mol. The van der Waals surface area contributed by atoms with E-state index in [0.717, 1.165) is 17.0 Å². The number of hydrogen-bond donors (Lipinski definition) is 0. The van der Waals surface area contributed by atoms with E-state index in [-0.39, 0.29) is 17.4 Å². The molecular weight excluding hydrogens is 228 g/mol. The first-order valence-electron chi connectivity index (χ1n) is 4.46. The molecule has 0 nitrogen and oxygen atoms in total. The van der Waals surface area contributed by atoms with Crippen LogP contribution in [0.1, 0.15) is 41.5 Å². The summed E-state index contributed by atoms with van der Waals surface area (Å²) in [6, 6.07) is 0. The molecule has 0 aromatic carbocycles. The van der Waals surface area contributed by atoms with Gasteiger partial charge in [-0.1, -0.05) is 41.5 Å². The molecule has 0 spiro atoms. The molecule has 13 heavy (non-hydrogen) atoms. The first-order valence-corrected chi connectivity index (χ1v) is 6.46. The first-order chi connectivity index (χ1) is 5.20. The van der Waals surface area contributed by atoms with Crippen LogP contribution in [0.25, 0.3) is 0 Å². The maximum Gasteiger partial charge on any atom is 0 e. The van der Waals surface area contributed by atoms with E-state index in [1.807, 2.05) is 0 Å². The zero-order chi connectivity index (χ0) is 10.7. The lowest BCUT2D eigenvalue weighted by Crippen LogP contribution is -1.69. The van der Waals surface area contributed by atoms with E-state index in [2.05, 4.69) is 69.3 Å². The maximum absolute atomic E-state index is 2.66. The van der Waals surface area contributed by atoms with Crippen molar-refractivity contribution in [3.63, 3.8) is 0 Å². The van der Waals surface area contributed by atoms with Crippen molar-refractivity contribution >= 4 is 45.1 Å². The highest BCUT2D eigenvalue weighted by molar-refractivity contribution is 7.17. The van der Waals surface area contributed by atoms with Crippen molar-refractivity contribution < 1.29 is 0 Å². The summed E-state index contributed by atoms with van der Waals surface area (Å²) in [5, 5.41) is 0. The minimum atomic E-state index is 0. The van der Waals surface area contributed by atoms with Crippen molar-refractivity contribution in [1.29, 1.82) is 0 Å². The van der Waals surface area contributed by atoms with E-state index in [1.54, 1.807) is 0 Å². The fraction of sp³-hybridized carbons (Fsp3) is 1.00. The van der Waals surface area contributed by atoms with Gasteiger partial charge in [0.2, 0.25) is 0 Å². The van der Waals surface area contributed by atoms with E-state index in [0.29, 0.717) is 0 Å². The largest absolute Gasteiger partial charge is 0.135 e. The van der Waals surface area contributed by atoms with Crippen LogP contribution in [0, 0.1) is 0 Å². The van der Waals surface area contributed by atoms with Gasteiger partial charge in [-0.15, -0.1) is 27.7 Å². The Morgan fingerprint density at radius 3 is 0.538 bits per heavy atom. The van der Waals surface area contributed by atoms with Crippen molar-refractivity contribution in [2.24, 2.45) is 0 Å². The quantitative estimate of drug-likeness (QED) is 0.459. The van der Waals surface area contributed by atoms with E-state index in [1.165, 1.54) is 0 Å². The van der Waals surface area contributed by atoms with Crippen LogP contribution >= 0.6 is 27.7 Å². The third-order valence-electron chi connectivity index (χ3n) is 0. The second kappa shape index (κ2) is 19.4. The van der Waals surface area contributed by atoms with Gasteiger partial charge in [0.05, 0.1) is 0 Å². The summed E-state index contributed by atoms with van der Waals surface area (Å²) < 4.78 is 0. The van der Waals surface area contributed by atoms with E-state index in [4.69, 9.17) is 0 Å². The number of rotatable bonds is 0. The lowest BCUT2D eigenvalue weighted by atomic mass is 10.6. The molecule has 0 fully saturated rings. The highest BCUT2D eigenvalue weighted by Crippen LogP contribution is 1.91. The lowest BCUT2D eigenvalue weighted by Gasteiger charge is -1.79. The average Bonchev–Trinajstić information content (AvgIpc) is 1.54. The monoisotopic (exact) mass is 255 g/mol. The summed E-state index contributed by atoms with van der Waals surface area (Å²) >= 11 is 0. The van der Waals surface area contributed by atoms with Gasteiger partial charge in [-0.05, 0) is 17.0 Å². The van der Waals surface area contributed by atoms with Crippen LogP contribution in [0.2, 0.25) is 0 Å². The highest BCUT2D eigenvalue weighted by atomic mass is 31.0. The van der Waals surface area contributed by atoms with Crippen molar-refractivity contribution in [2.45, 2.75) is 58.5 Å². The van der Waals surface area contributed by atoms with Crippen LogP contribution in [0.5, 0.6) is 0 Å². The molecule has 0 bridgehead atoms. The molecule has 0 aromatic heterocycles. The van der Waals surface area contributed by atoms with Gasteiger partial charge in [-0.25, -0.2) is 0 Å². The minimum absolute atomic E-state index is 0. The normalized spacial score (nSPS) is 8.31. The third-order valence-corrected chi connectivity index (χ3v) is 0. The molecule has 0 rings (SSSR count). The smallest absolute Gasteiger partial charge is 0 e. The van der Waals surface area contributed by atoms with Crippen LogP contribution in [0.3, 0.4) is 0 Å². The van der Waals surface area contributed by atoms with Gasteiger partial charge >= 0.3 is 0 Å². The SMILES string of the molecule is CC(C)P.CC(C)P.CC(C)P.[Al]. The van der Waals surface area contributed by atoms with Crippen LogP contribution in [-0.2, 0) is 0 Å². The molecule has 0 aliphatic carbocycles. The third kappa shape index (κ3) is 582. The van der Waals surface area contributed by atoms with E-state index < -0.39 is 0 Å². The van der Waals surface area contributed by atoms with Crippen LogP contribution in [-0.4, -0.2) is 34.3 Å². The fourth-order valence-electron chi connectivity index (χ4n) is 0. The molecule has 3 radical (unpaired) electrons. The Morgan fingerprint density at radius 2 is 0.538 bits per heavy atom. The molecule has 3 unspecified atom stereocenters. The standard InChI is InChI=1S/3C3H9P.Al/c3*1-3(2)4;/h3*3H,4H2,1-2H3;. The lowest BCUT2D eigenvalue weighted by molar-refractivity contribution is 1.12. The second-order valence-electron chi connectivity index (χ2n) is 3.73. The van der Waals surface area contributed by atoms with Crippen LogP contribution < -0.4 is 0 Å². The summed E-state index contributed by atoms with van der Waals surface area (Å²) in [5.74, 6) is 0. The Morgan fingerprint density at radius 1 is 0.538 bits per heavy atom. The molecule has 4 heteroatoms. The topological polar surface area (TPSA) is 0 Å². The zero-order valence-corrected chi connectivity index (χ0v) is 14.7. The number of hydrogen-bond acceptors (Lipinski definition) is 0. The summed E-state index contributed by atoms with van der Waals surface area (Å²) in [4.78, 5) is 0. The van der Waals surface area contributed by atoms with Crippen molar-refractivity contribution in [3.8, 4) is 0 Å². The Hall–Kier alpha value is 1.82. The Kier molecular flexibility index (Phi) is 36.1. The van der Waals surface area contributed by atoms with Gasteiger partial charge < -0.3 is 0 Å². The minimum Gasteiger partial charge on any atom is -0.135 e.